The molecule has 0 unspecified atom stereocenters. The van der Waals surface area contributed by atoms with Crippen LogP contribution in [0.2, 0.25) is 5.02 Å². The lowest BCUT2D eigenvalue weighted by atomic mass is 10.1. The lowest BCUT2D eigenvalue weighted by molar-refractivity contribution is 0.0703. The van der Waals surface area contributed by atoms with Gasteiger partial charge >= 0.3 is 0 Å². The minimum absolute atomic E-state index is 0.150. The molecule has 0 aliphatic carbocycles. The number of hydroxylamine groups is 1. The van der Waals surface area contributed by atoms with Crippen LogP contribution in [-0.2, 0) is 0 Å². The standard InChI is InChI=1S/C10H7ClN2O2/c11-7-2-1-6-3-4-12-9(8(6)5-7)10(14)13-15/h1-5,15H,(H,13,14). The van der Waals surface area contributed by atoms with Gasteiger partial charge in [-0.3, -0.25) is 15.0 Å². The Labute approximate surface area is 90.5 Å². The third-order valence-electron chi connectivity index (χ3n) is 2.04. The van der Waals surface area contributed by atoms with Gasteiger partial charge < -0.3 is 0 Å². The Balaban J connectivity index is 2.74. The maximum atomic E-state index is 11.3. The van der Waals surface area contributed by atoms with Crippen LogP contribution in [0.1, 0.15) is 10.5 Å². The van der Waals surface area contributed by atoms with Crippen molar-refractivity contribution < 1.29 is 10.0 Å². The molecule has 4 nitrogen and oxygen atoms in total. The molecule has 1 aromatic carbocycles. The van der Waals surface area contributed by atoms with E-state index < -0.39 is 5.91 Å². The highest BCUT2D eigenvalue weighted by molar-refractivity contribution is 6.31. The first-order chi connectivity index (χ1) is 7.22. The van der Waals surface area contributed by atoms with E-state index in [-0.39, 0.29) is 5.69 Å². The van der Waals surface area contributed by atoms with Crippen LogP contribution in [0.25, 0.3) is 10.8 Å². The van der Waals surface area contributed by atoms with Gasteiger partial charge in [-0.2, -0.15) is 0 Å². The van der Waals surface area contributed by atoms with Crippen molar-refractivity contribution in [1.29, 1.82) is 0 Å². The number of amides is 1. The number of fused-ring (bicyclic) bond motifs is 1. The second-order valence-electron chi connectivity index (χ2n) is 2.97. The molecule has 2 aromatic rings. The SMILES string of the molecule is O=C(NO)c1nccc2ccc(Cl)cc12. The Hall–Kier alpha value is -1.65. The van der Waals surface area contributed by atoms with E-state index in [1.807, 2.05) is 0 Å². The van der Waals surface area contributed by atoms with Crippen LogP contribution in [0, 0.1) is 0 Å². The molecular weight excluding hydrogens is 216 g/mol. The summed E-state index contributed by atoms with van der Waals surface area (Å²) in [6.07, 6.45) is 1.50. The predicted molar refractivity (Wildman–Crippen MR) is 56.0 cm³/mol. The Morgan fingerprint density at radius 3 is 2.93 bits per heavy atom. The van der Waals surface area contributed by atoms with E-state index in [2.05, 4.69) is 4.98 Å². The minimum Gasteiger partial charge on any atom is -0.288 e. The molecule has 0 atom stereocenters. The summed E-state index contributed by atoms with van der Waals surface area (Å²) >= 11 is 5.82. The van der Waals surface area contributed by atoms with Gasteiger partial charge in [0.2, 0.25) is 0 Å². The highest BCUT2D eigenvalue weighted by Gasteiger charge is 2.10. The van der Waals surface area contributed by atoms with E-state index >= 15 is 0 Å². The summed E-state index contributed by atoms with van der Waals surface area (Å²) in [6.45, 7) is 0. The molecule has 0 aliphatic heterocycles. The zero-order valence-corrected chi connectivity index (χ0v) is 8.32. The van der Waals surface area contributed by atoms with Crippen LogP contribution in [0.5, 0.6) is 0 Å². The van der Waals surface area contributed by atoms with Crippen LogP contribution in [-0.4, -0.2) is 16.1 Å². The number of aromatic nitrogens is 1. The fourth-order valence-corrected chi connectivity index (χ4v) is 1.55. The summed E-state index contributed by atoms with van der Waals surface area (Å²) in [5.74, 6) is -0.650. The zero-order valence-electron chi connectivity index (χ0n) is 7.57. The van der Waals surface area contributed by atoms with Crippen molar-refractivity contribution in [3.8, 4) is 0 Å². The first-order valence-electron chi connectivity index (χ1n) is 4.21. The number of nitrogens with one attached hydrogen (secondary N) is 1. The number of benzene rings is 1. The molecule has 2 rings (SSSR count). The lowest BCUT2D eigenvalue weighted by Crippen LogP contribution is -2.20. The van der Waals surface area contributed by atoms with E-state index in [0.29, 0.717) is 10.4 Å². The highest BCUT2D eigenvalue weighted by Crippen LogP contribution is 2.21. The Morgan fingerprint density at radius 2 is 2.20 bits per heavy atom. The molecular formula is C10H7ClN2O2. The third kappa shape index (κ3) is 1.77. The van der Waals surface area contributed by atoms with Crippen LogP contribution in [0.15, 0.2) is 30.5 Å². The van der Waals surface area contributed by atoms with E-state index in [9.17, 15) is 4.79 Å². The maximum Gasteiger partial charge on any atom is 0.293 e. The van der Waals surface area contributed by atoms with Crippen LogP contribution in [0.3, 0.4) is 0 Å². The molecule has 0 aliphatic rings. The van der Waals surface area contributed by atoms with Crippen LogP contribution in [0.4, 0.5) is 0 Å². The second kappa shape index (κ2) is 3.84. The van der Waals surface area contributed by atoms with Gasteiger partial charge in [-0.15, -0.1) is 0 Å². The molecule has 0 radical (unpaired) electrons. The van der Waals surface area contributed by atoms with Crippen molar-refractivity contribution in [3.05, 3.63) is 41.2 Å². The number of halogens is 1. The van der Waals surface area contributed by atoms with Crippen molar-refractivity contribution in [2.45, 2.75) is 0 Å². The van der Waals surface area contributed by atoms with E-state index in [4.69, 9.17) is 16.8 Å². The minimum atomic E-state index is -0.650. The third-order valence-corrected chi connectivity index (χ3v) is 2.28. The molecule has 1 heterocycles. The largest absolute Gasteiger partial charge is 0.293 e. The van der Waals surface area contributed by atoms with E-state index in [1.54, 1.807) is 29.7 Å². The van der Waals surface area contributed by atoms with Gasteiger partial charge in [-0.25, -0.2) is 5.48 Å². The zero-order chi connectivity index (χ0) is 10.8. The Morgan fingerprint density at radius 1 is 1.40 bits per heavy atom. The van der Waals surface area contributed by atoms with Crippen molar-refractivity contribution in [2.24, 2.45) is 0 Å². The number of rotatable bonds is 1. The maximum absolute atomic E-state index is 11.3. The van der Waals surface area contributed by atoms with Gasteiger partial charge in [0.1, 0.15) is 5.69 Å². The lowest BCUT2D eigenvalue weighted by Gasteiger charge is -2.03. The van der Waals surface area contributed by atoms with Gasteiger partial charge in [0, 0.05) is 16.6 Å². The first-order valence-corrected chi connectivity index (χ1v) is 4.59. The summed E-state index contributed by atoms with van der Waals surface area (Å²) < 4.78 is 0. The van der Waals surface area contributed by atoms with Gasteiger partial charge in [-0.1, -0.05) is 17.7 Å². The number of pyridine rings is 1. The molecule has 5 heteroatoms. The molecule has 0 fully saturated rings. The number of nitrogens with zero attached hydrogens (tertiary/aromatic N) is 1. The fourth-order valence-electron chi connectivity index (χ4n) is 1.37. The molecule has 1 aromatic heterocycles. The van der Waals surface area contributed by atoms with Crippen LogP contribution >= 0.6 is 11.6 Å². The summed E-state index contributed by atoms with van der Waals surface area (Å²) in [5, 5.41) is 10.5. The molecule has 1 amide bonds. The molecule has 0 saturated carbocycles. The summed E-state index contributed by atoms with van der Waals surface area (Å²) in [7, 11) is 0. The van der Waals surface area contributed by atoms with Gasteiger partial charge in [0.25, 0.3) is 5.91 Å². The average Bonchev–Trinajstić information content (AvgIpc) is 2.27. The van der Waals surface area contributed by atoms with Gasteiger partial charge in [0.15, 0.2) is 0 Å². The molecule has 0 bridgehead atoms. The monoisotopic (exact) mass is 222 g/mol. The number of carbonyl (C=O) groups excluding carboxylic acids is 1. The van der Waals surface area contributed by atoms with Gasteiger partial charge in [-0.05, 0) is 23.6 Å². The van der Waals surface area contributed by atoms with Crippen molar-refractivity contribution in [2.75, 3.05) is 0 Å². The quantitative estimate of drug-likeness (QED) is 0.573. The first kappa shape index (κ1) is 9.89. The fraction of sp³-hybridized carbons (Fsp3) is 0. The van der Waals surface area contributed by atoms with Crippen molar-refractivity contribution in [3.63, 3.8) is 0 Å². The molecule has 15 heavy (non-hydrogen) atoms. The number of carbonyl (C=O) groups is 1. The van der Waals surface area contributed by atoms with Crippen molar-refractivity contribution in [1.82, 2.24) is 10.5 Å². The summed E-state index contributed by atoms with van der Waals surface area (Å²) in [4.78, 5) is 15.2. The smallest absolute Gasteiger partial charge is 0.288 e. The second-order valence-corrected chi connectivity index (χ2v) is 3.40. The number of hydrogen-bond donors (Lipinski definition) is 2. The summed E-state index contributed by atoms with van der Waals surface area (Å²) in [5.41, 5.74) is 1.70. The average molecular weight is 223 g/mol. The highest BCUT2D eigenvalue weighted by atomic mass is 35.5. The predicted octanol–water partition coefficient (Wildman–Crippen LogP) is 2.01. The molecule has 2 N–H and O–H groups in total. The molecule has 0 saturated heterocycles. The van der Waals surface area contributed by atoms with Crippen LogP contribution < -0.4 is 5.48 Å². The Kier molecular flexibility index (Phi) is 2.53. The number of hydrogen-bond acceptors (Lipinski definition) is 3. The molecule has 76 valence electrons. The van der Waals surface area contributed by atoms with Gasteiger partial charge in [0.05, 0.1) is 0 Å². The normalized spacial score (nSPS) is 10.3. The summed E-state index contributed by atoms with van der Waals surface area (Å²) in [6, 6.07) is 6.91. The molecule has 0 spiro atoms. The van der Waals surface area contributed by atoms with E-state index in [1.165, 1.54) is 6.20 Å². The topological polar surface area (TPSA) is 62.2 Å². The Bertz CT molecular complexity index is 528. The van der Waals surface area contributed by atoms with Crippen molar-refractivity contribution >= 4 is 28.3 Å². The van der Waals surface area contributed by atoms with E-state index in [0.717, 1.165) is 5.39 Å².